The molecule has 1 fully saturated rings. The Labute approximate surface area is 107 Å². The summed E-state index contributed by atoms with van der Waals surface area (Å²) < 4.78 is 13.2. The van der Waals surface area contributed by atoms with Crippen LogP contribution in [0.4, 0.5) is 4.39 Å². The third-order valence-electron chi connectivity index (χ3n) is 3.76. The Morgan fingerprint density at radius 2 is 2.28 bits per heavy atom. The van der Waals surface area contributed by atoms with E-state index in [-0.39, 0.29) is 17.3 Å². The number of benzene rings is 1. The molecule has 1 unspecified atom stereocenters. The van der Waals surface area contributed by atoms with Crippen LogP contribution < -0.4 is 5.73 Å². The molecule has 0 radical (unpaired) electrons. The lowest BCUT2D eigenvalue weighted by atomic mass is 9.88. The molecule has 1 aliphatic heterocycles. The first-order chi connectivity index (χ1) is 8.57. The number of carbonyl (C=O) groups is 1. The van der Waals surface area contributed by atoms with Crippen LogP contribution in [0.2, 0.25) is 0 Å². The highest BCUT2D eigenvalue weighted by Gasteiger charge is 2.36. The predicted octanol–water partition coefficient (Wildman–Crippen LogP) is 2.17. The number of halogens is 1. The first-order valence-electron chi connectivity index (χ1n) is 6.34. The molecule has 2 rings (SSSR count). The average Bonchev–Trinajstić information content (AvgIpc) is 2.38. The van der Waals surface area contributed by atoms with Gasteiger partial charge in [0, 0.05) is 18.7 Å². The molecular weight excluding hydrogens is 231 g/mol. The monoisotopic (exact) mass is 250 g/mol. The molecule has 0 spiro atoms. The lowest BCUT2D eigenvalue weighted by molar-refractivity contribution is 0.0402. The van der Waals surface area contributed by atoms with Crippen molar-refractivity contribution in [3.63, 3.8) is 0 Å². The first-order valence-corrected chi connectivity index (χ1v) is 6.34. The standard InChI is InChI=1S/C14H19FN2O/c1-14(10-16)7-2-3-8-17(14)13(18)11-5-4-6-12(15)9-11/h4-6,9H,2-3,7-8,10,16H2,1H3. The Kier molecular flexibility index (Phi) is 3.66. The summed E-state index contributed by atoms with van der Waals surface area (Å²) in [6, 6.07) is 5.84. The molecule has 2 N–H and O–H groups in total. The number of amides is 1. The van der Waals surface area contributed by atoms with E-state index >= 15 is 0 Å². The van der Waals surface area contributed by atoms with Crippen molar-refractivity contribution in [2.24, 2.45) is 5.73 Å². The molecule has 1 aliphatic rings. The molecule has 1 aromatic carbocycles. The van der Waals surface area contributed by atoms with Crippen LogP contribution in [0.3, 0.4) is 0 Å². The van der Waals surface area contributed by atoms with Crippen molar-refractivity contribution in [2.75, 3.05) is 13.1 Å². The van der Waals surface area contributed by atoms with Crippen molar-refractivity contribution < 1.29 is 9.18 Å². The van der Waals surface area contributed by atoms with E-state index in [0.29, 0.717) is 18.7 Å². The Morgan fingerprint density at radius 1 is 1.50 bits per heavy atom. The highest BCUT2D eigenvalue weighted by Crippen LogP contribution is 2.28. The van der Waals surface area contributed by atoms with E-state index in [9.17, 15) is 9.18 Å². The molecule has 1 atom stereocenters. The second-order valence-electron chi connectivity index (χ2n) is 5.13. The zero-order valence-corrected chi connectivity index (χ0v) is 10.7. The van der Waals surface area contributed by atoms with E-state index in [2.05, 4.69) is 0 Å². The third-order valence-corrected chi connectivity index (χ3v) is 3.76. The van der Waals surface area contributed by atoms with Crippen molar-refractivity contribution >= 4 is 5.91 Å². The summed E-state index contributed by atoms with van der Waals surface area (Å²) in [5.74, 6) is -0.505. The molecule has 1 heterocycles. The van der Waals surface area contributed by atoms with Gasteiger partial charge >= 0.3 is 0 Å². The van der Waals surface area contributed by atoms with Gasteiger partial charge in [0.2, 0.25) is 0 Å². The molecule has 1 saturated heterocycles. The van der Waals surface area contributed by atoms with Crippen LogP contribution in [0.5, 0.6) is 0 Å². The quantitative estimate of drug-likeness (QED) is 0.874. The fourth-order valence-corrected chi connectivity index (χ4v) is 2.52. The second kappa shape index (κ2) is 5.06. The minimum atomic E-state index is -0.382. The van der Waals surface area contributed by atoms with Crippen LogP contribution >= 0.6 is 0 Å². The van der Waals surface area contributed by atoms with Crippen molar-refractivity contribution in [2.45, 2.75) is 31.7 Å². The van der Waals surface area contributed by atoms with Gasteiger partial charge in [-0.15, -0.1) is 0 Å². The van der Waals surface area contributed by atoms with E-state index < -0.39 is 0 Å². The molecule has 3 nitrogen and oxygen atoms in total. The van der Waals surface area contributed by atoms with Gasteiger partial charge in [0.25, 0.3) is 5.91 Å². The molecule has 98 valence electrons. The van der Waals surface area contributed by atoms with Crippen LogP contribution in [0, 0.1) is 5.82 Å². The minimum absolute atomic E-state index is 0.123. The molecule has 0 aromatic heterocycles. The van der Waals surface area contributed by atoms with Crippen LogP contribution in [0.15, 0.2) is 24.3 Å². The Bertz CT molecular complexity index is 449. The third kappa shape index (κ3) is 2.38. The number of hydrogen-bond donors (Lipinski definition) is 1. The fraction of sp³-hybridized carbons (Fsp3) is 0.500. The van der Waals surface area contributed by atoms with Gasteiger partial charge in [-0.25, -0.2) is 4.39 Å². The van der Waals surface area contributed by atoms with Crippen LogP contribution in [-0.4, -0.2) is 29.4 Å². The summed E-state index contributed by atoms with van der Waals surface area (Å²) in [5.41, 5.74) is 5.90. The minimum Gasteiger partial charge on any atom is -0.332 e. The summed E-state index contributed by atoms with van der Waals surface area (Å²) in [6.07, 6.45) is 2.97. The summed E-state index contributed by atoms with van der Waals surface area (Å²) in [6.45, 7) is 3.14. The van der Waals surface area contributed by atoms with Gasteiger partial charge in [-0.1, -0.05) is 6.07 Å². The number of piperidine rings is 1. The van der Waals surface area contributed by atoms with Crippen LogP contribution in [-0.2, 0) is 0 Å². The van der Waals surface area contributed by atoms with E-state index in [4.69, 9.17) is 5.73 Å². The maximum Gasteiger partial charge on any atom is 0.254 e. The number of rotatable bonds is 2. The van der Waals surface area contributed by atoms with Gasteiger partial charge in [0.05, 0.1) is 5.54 Å². The van der Waals surface area contributed by atoms with Crippen molar-refractivity contribution in [1.29, 1.82) is 0 Å². The Morgan fingerprint density at radius 3 is 2.94 bits per heavy atom. The largest absolute Gasteiger partial charge is 0.332 e. The van der Waals surface area contributed by atoms with Gasteiger partial charge in [-0.2, -0.15) is 0 Å². The predicted molar refractivity (Wildman–Crippen MR) is 68.7 cm³/mol. The van der Waals surface area contributed by atoms with E-state index in [0.717, 1.165) is 19.3 Å². The number of nitrogens with two attached hydrogens (primary N) is 1. The molecule has 4 heteroatoms. The van der Waals surface area contributed by atoms with Crippen LogP contribution in [0.1, 0.15) is 36.5 Å². The number of nitrogens with zero attached hydrogens (tertiary/aromatic N) is 1. The van der Waals surface area contributed by atoms with Crippen molar-refractivity contribution in [3.05, 3.63) is 35.6 Å². The van der Waals surface area contributed by atoms with Gasteiger partial charge in [-0.3, -0.25) is 4.79 Å². The lowest BCUT2D eigenvalue weighted by Crippen LogP contribution is -2.56. The van der Waals surface area contributed by atoms with Crippen LogP contribution in [0.25, 0.3) is 0 Å². The summed E-state index contributed by atoms with van der Waals surface area (Å²) >= 11 is 0. The zero-order valence-electron chi connectivity index (χ0n) is 10.7. The summed E-state index contributed by atoms with van der Waals surface area (Å²) in [4.78, 5) is 14.2. The molecule has 1 aromatic rings. The Hall–Kier alpha value is -1.42. The molecule has 1 amide bonds. The SMILES string of the molecule is CC1(CN)CCCCN1C(=O)c1cccc(F)c1. The fourth-order valence-electron chi connectivity index (χ4n) is 2.52. The highest BCUT2D eigenvalue weighted by molar-refractivity contribution is 5.94. The van der Waals surface area contributed by atoms with E-state index in [1.165, 1.54) is 12.1 Å². The molecule has 18 heavy (non-hydrogen) atoms. The Balaban J connectivity index is 2.26. The maximum absolute atomic E-state index is 13.2. The number of carbonyl (C=O) groups excluding carboxylic acids is 1. The van der Waals surface area contributed by atoms with Gasteiger partial charge in [-0.05, 0) is 44.4 Å². The highest BCUT2D eigenvalue weighted by atomic mass is 19.1. The number of likely N-dealkylation sites (tertiary alicyclic amines) is 1. The van der Waals surface area contributed by atoms with Gasteiger partial charge in [0.15, 0.2) is 0 Å². The maximum atomic E-state index is 13.2. The molecule has 0 aliphatic carbocycles. The van der Waals surface area contributed by atoms with E-state index in [1.54, 1.807) is 17.0 Å². The second-order valence-corrected chi connectivity index (χ2v) is 5.13. The van der Waals surface area contributed by atoms with Crippen molar-refractivity contribution in [1.82, 2.24) is 4.90 Å². The average molecular weight is 250 g/mol. The summed E-state index contributed by atoms with van der Waals surface area (Å²) in [5, 5.41) is 0. The summed E-state index contributed by atoms with van der Waals surface area (Å²) in [7, 11) is 0. The van der Waals surface area contributed by atoms with E-state index in [1.807, 2.05) is 6.92 Å². The van der Waals surface area contributed by atoms with Gasteiger partial charge in [0.1, 0.15) is 5.82 Å². The molecular formula is C14H19FN2O. The topological polar surface area (TPSA) is 46.3 Å². The number of hydrogen-bond acceptors (Lipinski definition) is 2. The zero-order chi connectivity index (χ0) is 13.2. The van der Waals surface area contributed by atoms with Crippen molar-refractivity contribution in [3.8, 4) is 0 Å². The normalized spacial score (nSPS) is 24.1. The van der Waals surface area contributed by atoms with Gasteiger partial charge < -0.3 is 10.6 Å². The molecule has 0 bridgehead atoms. The first kappa shape index (κ1) is 13.0. The molecule has 0 saturated carbocycles. The lowest BCUT2D eigenvalue weighted by Gasteiger charge is -2.44. The smallest absolute Gasteiger partial charge is 0.254 e.